The molecule has 1 aliphatic heterocycles. The fourth-order valence-electron chi connectivity index (χ4n) is 3.69. The summed E-state index contributed by atoms with van der Waals surface area (Å²) in [6.07, 6.45) is -0.476. The second-order valence-electron chi connectivity index (χ2n) is 8.24. The molecule has 1 saturated carbocycles. The molecule has 5 nitrogen and oxygen atoms in total. The van der Waals surface area contributed by atoms with Gasteiger partial charge >= 0.3 is 6.18 Å². The average molecular weight is 386 g/mol. The van der Waals surface area contributed by atoms with Crippen LogP contribution in [0.2, 0.25) is 0 Å². The number of carbonyl (C=O) groups is 1. The minimum absolute atomic E-state index is 0.0598. The molecule has 0 bridgehead atoms. The first-order chi connectivity index (χ1) is 12.6. The monoisotopic (exact) mass is 386 g/mol. The van der Waals surface area contributed by atoms with Gasteiger partial charge in [0.1, 0.15) is 6.04 Å². The van der Waals surface area contributed by atoms with E-state index < -0.39 is 17.9 Å². The van der Waals surface area contributed by atoms with Gasteiger partial charge in [0.05, 0.1) is 0 Å². The fraction of sp³-hybridized carbons (Fsp3) is 0.789. The van der Waals surface area contributed by atoms with Gasteiger partial charge in [0.2, 0.25) is 5.91 Å². The number of nitrogens with zero attached hydrogens (tertiary/aromatic N) is 3. The van der Waals surface area contributed by atoms with Crippen LogP contribution in [0.4, 0.5) is 13.2 Å². The molecule has 1 amide bonds. The molecule has 1 aromatic heterocycles. The zero-order valence-corrected chi connectivity index (χ0v) is 16.2. The number of rotatable bonds is 6. The van der Waals surface area contributed by atoms with E-state index in [0.29, 0.717) is 5.69 Å². The maximum absolute atomic E-state index is 13.0. The fourth-order valence-corrected chi connectivity index (χ4v) is 3.69. The highest BCUT2D eigenvalue weighted by Crippen LogP contribution is 2.42. The van der Waals surface area contributed by atoms with Crippen LogP contribution < -0.4 is 5.32 Å². The van der Waals surface area contributed by atoms with Crippen LogP contribution in [0.3, 0.4) is 0 Å². The molecule has 2 heterocycles. The van der Waals surface area contributed by atoms with E-state index >= 15 is 0 Å². The van der Waals surface area contributed by atoms with E-state index in [1.165, 1.54) is 4.68 Å². The van der Waals surface area contributed by atoms with Gasteiger partial charge in [-0.15, -0.1) is 0 Å². The molecule has 2 fully saturated rings. The minimum atomic E-state index is -4.50. The Kier molecular flexibility index (Phi) is 5.84. The van der Waals surface area contributed by atoms with Crippen molar-refractivity contribution >= 4 is 5.91 Å². The van der Waals surface area contributed by atoms with Crippen LogP contribution in [-0.2, 0) is 11.0 Å². The summed E-state index contributed by atoms with van der Waals surface area (Å²) in [7, 11) is 0. The zero-order chi connectivity index (χ0) is 19.8. The van der Waals surface area contributed by atoms with Gasteiger partial charge in [-0.3, -0.25) is 9.48 Å². The van der Waals surface area contributed by atoms with Crippen molar-refractivity contribution in [1.29, 1.82) is 0 Å². The second-order valence-corrected chi connectivity index (χ2v) is 8.24. The van der Waals surface area contributed by atoms with Gasteiger partial charge in [-0.25, -0.2) is 0 Å². The van der Waals surface area contributed by atoms with E-state index in [1.807, 2.05) is 6.92 Å². The summed E-state index contributed by atoms with van der Waals surface area (Å²) < 4.78 is 40.4. The van der Waals surface area contributed by atoms with Crippen LogP contribution in [0.5, 0.6) is 0 Å². The Morgan fingerprint density at radius 3 is 2.44 bits per heavy atom. The first kappa shape index (κ1) is 20.2. The van der Waals surface area contributed by atoms with Gasteiger partial charge in [0, 0.05) is 24.2 Å². The number of alkyl halides is 3. The number of hydrogen-bond donors (Lipinski definition) is 1. The molecule has 8 heteroatoms. The summed E-state index contributed by atoms with van der Waals surface area (Å²) >= 11 is 0. The summed E-state index contributed by atoms with van der Waals surface area (Å²) in [6.45, 7) is 8.61. The highest BCUT2D eigenvalue weighted by molar-refractivity contribution is 5.80. The second kappa shape index (κ2) is 7.81. The zero-order valence-electron chi connectivity index (χ0n) is 16.2. The van der Waals surface area contributed by atoms with E-state index in [9.17, 15) is 18.0 Å². The molecule has 1 aromatic rings. The lowest BCUT2D eigenvalue weighted by molar-refractivity contribution is -0.142. The Labute approximate surface area is 158 Å². The highest BCUT2D eigenvalue weighted by atomic mass is 19.4. The smallest absolute Gasteiger partial charge is 0.351 e. The number of halogens is 3. The van der Waals surface area contributed by atoms with Crippen LogP contribution in [0.25, 0.3) is 0 Å². The Morgan fingerprint density at radius 1 is 1.26 bits per heavy atom. The van der Waals surface area contributed by atoms with Crippen molar-refractivity contribution in [2.75, 3.05) is 19.6 Å². The number of piperidine rings is 1. The highest BCUT2D eigenvalue weighted by Gasteiger charge is 2.39. The molecule has 0 spiro atoms. The Morgan fingerprint density at radius 2 is 1.89 bits per heavy atom. The topological polar surface area (TPSA) is 50.2 Å². The van der Waals surface area contributed by atoms with Gasteiger partial charge < -0.3 is 10.2 Å². The van der Waals surface area contributed by atoms with Gasteiger partial charge in [-0.1, -0.05) is 6.92 Å². The van der Waals surface area contributed by atoms with Crippen molar-refractivity contribution in [3.05, 3.63) is 17.5 Å². The number of carbonyl (C=O) groups excluding carboxylic acids is 1. The SMILES string of the molecule is CC1CCN(C[C@@H](C)NC(=O)[C@H](C)n2nc(C(F)(F)F)cc2C2CC2)CC1. The number of aromatic nitrogens is 2. The molecule has 0 aromatic carbocycles. The molecule has 152 valence electrons. The first-order valence-corrected chi connectivity index (χ1v) is 9.84. The molecule has 1 aliphatic carbocycles. The van der Waals surface area contributed by atoms with Crippen LogP contribution in [0, 0.1) is 5.92 Å². The maximum Gasteiger partial charge on any atom is 0.435 e. The number of amides is 1. The largest absolute Gasteiger partial charge is 0.435 e. The lowest BCUT2D eigenvalue weighted by Gasteiger charge is -2.32. The van der Waals surface area contributed by atoms with Crippen LogP contribution in [-0.4, -0.2) is 46.3 Å². The van der Waals surface area contributed by atoms with E-state index in [-0.39, 0.29) is 17.9 Å². The molecule has 27 heavy (non-hydrogen) atoms. The lowest BCUT2D eigenvalue weighted by Crippen LogP contribution is -2.46. The standard InChI is InChI=1S/C19H29F3N4O/c1-12-6-8-25(9-7-12)11-13(2)23-18(27)14(3)26-16(15-4-5-15)10-17(24-26)19(20,21)22/h10,12-15H,4-9,11H2,1-3H3,(H,23,27)/t13-,14+/m1/s1. The Bertz CT molecular complexity index is 660. The summed E-state index contributed by atoms with van der Waals surface area (Å²) in [4.78, 5) is 15.0. The minimum Gasteiger partial charge on any atom is -0.351 e. The third-order valence-corrected chi connectivity index (χ3v) is 5.59. The van der Waals surface area contributed by atoms with Crippen LogP contribution in [0.15, 0.2) is 6.07 Å². The summed E-state index contributed by atoms with van der Waals surface area (Å²) in [6, 6.07) is 0.274. The first-order valence-electron chi connectivity index (χ1n) is 9.84. The Balaban J connectivity index is 1.62. The van der Waals surface area contributed by atoms with Crippen molar-refractivity contribution in [2.45, 2.75) is 70.6 Å². The van der Waals surface area contributed by atoms with Crippen LogP contribution >= 0.6 is 0 Å². The Hall–Kier alpha value is -1.57. The predicted molar refractivity (Wildman–Crippen MR) is 96.4 cm³/mol. The third-order valence-electron chi connectivity index (χ3n) is 5.59. The van der Waals surface area contributed by atoms with Gasteiger partial charge in [0.15, 0.2) is 5.69 Å². The molecule has 2 aliphatic rings. The third kappa shape index (κ3) is 5.03. The van der Waals surface area contributed by atoms with Crippen molar-refractivity contribution in [3.63, 3.8) is 0 Å². The van der Waals surface area contributed by atoms with E-state index in [2.05, 4.69) is 22.2 Å². The molecule has 1 N–H and O–H groups in total. The molecule has 3 rings (SSSR count). The number of hydrogen-bond acceptors (Lipinski definition) is 3. The van der Waals surface area contributed by atoms with Gasteiger partial charge in [-0.2, -0.15) is 18.3 Å². The maximum atomic E-state index is 13.0. The number of nitrogens with one attached hydrogen (secondary N) is 1. The normalized spacial score (nSPS) is 21.9. The molecular weight excluding hydrogens is 357 g/mol. The van der Waals surface area contributed by atoms with Gasteiger partial charge in [-0.05, 0) is 64.6 Å². The van der Waals surface area contributed by atoms with E-state index in [4.69, 9.17) is 0 Å². The molecular formula is C19H29F3N4O. The molecule has 2 atom stereocenters. The summed E-state index contributed by atoms with van der Waals surface area (Å²) in [5.74, 6) is 0.540. The molecule has 1 saturated heterocycles. The van der Waals surface area contributed by atoms with Crippen molar-refractivity contribution in [3.8, 4) is 0 Å². The molecule has 0 unspecified atom stereocenters. The average Bonchev–Trinajstić information content (AvgIpc) is 3.33. The van der Waals surface area contributed by atoms with Gasteiger partial charge in [0.25, 0.3) is 0 Å². The van der Waals surface area contributed by atoms with E-state index in [0.717, 1.165) is 57.3 Å². The van der Waals surface area contributed by atoms with Crippen molar-refractivity contribution < 1.29 is 18.0 Å². The number of likely N-dealkylation sites (tertiary alicyclic amines) is 1. The lowest BCUT2D eigenvalue weighted by atomic mass is 9.99. The predicted octanol–water partition coefficient (Wildman–Crippen LogP) is 3.58. The summed E-state index contributed by atoms with van der Waals surface area (Å²) in [5.41, 5.74) is -0.401. The summed E-state index contributed by atoms with van der Waals surface area (Å²) in [5, 5.41) is 6.66. The van der Waals surface area contributed by atoms with Crippen LogP contribution in [0.1, 0.15) is 69.8 Å². The van der Waals surface area contributed by atoms with Crippen molar-refractivity contribution in [2.24, 2.45) is 5.92 Å². The van der Waals surface area contributed by atoms with E-state index in [1.54, 1.807) is 6.92 Å². The quantitative estimate of drug-likeness (QED) is 0.813. The molecule has 0 radical (unpaired) electrons. The van der Waals surface area contributed by atoms with Crippen molar-refractivity contribution in [1.82, 2.24) is 20.0 Å².